The second-order valence-electron chi connectivity index (χ2n) is 8.44. The van der Waals surface area contributed by atoms with Crippen molar-refractivity contribution in [3.63, 3.8) is 0 Å². The molecule has 1 aromatic heterocycles. The van der Waals surface area contributed by atoms with Gasteiger partial charge < -0.3 is 4.90 Å². The van der Waals surface area contributed by atoms with Gasteiger partial charge in [-0.15, -0.1) is 0 Å². The minimum Gasteiger partial charge on any atom is -0.327 e. The Morgan fingerprint density at radius 1 is 0.958 bits per heavy atom. The molecule has 2 aromatic rings. The van der Waals surface area contributed by atoms with E-state index >= 15 is 0 Å². The van der Waals surface area contributed by atoms with Crippen molar-refractivity contribution < 1.29 is 0 Å². The Morgan fingerprint density at radius 3 is 2.21 bits per heavy atom. The smallest absolute Gasteiger partial charge is 0.132 e. The number of benzene rings is 1. The molecular formula is C22H30N2. The molecule has 0 saturated heterocycles. The number of rotatable bonds is 3. The Bertz CT molecular complexity index is 726. The van der Waals surface area contributed by atoms with Gasteiger partial charge in [0, 0.05) is 18.4 Å². The number of aryl methyl sites for hydroxylation is 1. The monoisotopic (exact) mass is 322 g/mol. The Morgan fingerprint density at radius 2 is 1.62 bits per heavy atom. The standard InChI is InChI=1S/C22H30N2/c1-7-24(20-11-8-16(2)15-23-20)17-9-10-18-19(14-17)22(5,6)13-12-21(18,3)4/h8-11,14-15H,7,12-13H2,1-6H3. The van der Waals surface area contributed by atoms with Crippen LogP contribution >= 0.6 is 0 Å². The first-order chi connectivity index (χ1) is 11.2. The topological polar surface area (TPSA) is 16.1 Å². The second kappa shape index (κ2) is 5.91. The van der Waals surface area contributed by atoms with Crippen LogP contribution in [-0.4, -0.2) is 11.5 Å². The molecule has 128 valence electrons. The molecule has 0 radical (unpaired) electrons. The molecule has 0 unspecified atom stereocenters. The third kappa shape index (κ3) is 2.94. The van der Waals surface area contributed by atoms with E-state index in [0.29, 0.717) is 0 Å². The summed E-state index contributed by atoms with van der Waals surface area (Å²) >= 11 is 0. The maximum absolute atomic E-state index is 4.63. The maximum atomic E-state index is 4.63. The van der Waals surface area contributed by atoms with Crippen LogP contribution in [0.15, 0.2) is 36.5 Å². The number of pyridine rings is 1. The minimum absolute atomic E-state index is 0.237. The molecule has 3 rings (SSSR count). The van der Waals surface area contributed by atoms with Crippen LogP contribution < -0.4 is 4.90 Å². The molecule has 1 aliphatic rings. The maximum Gasteiger partial charge on any atom is 0.132 e. The summed E-state index contributed by atoms with van der Waals surface area (Å²) in [6, 6.07) is 11.3. The highest BCUT2D eigenvalue weighted by Crippen LogP contribution is 2.47. The third-order valence-electron chi connectivity index (χ3n) is 5.64. The SMILES string of the molecule is CCN(c1ccc2c(c1)C(C)(C)CCC2(C)C)c1ccc(C)cn1. The van der Waals surface area contributed by atoms with Crippen molar-refractivity contribution in [1.29, 1.82) is 0 Å². The molecule has 2 nitrogen and oxygen atoms in total. The van der Waals surface area contributed by atoms with E-state index in [9.17, 15) is 0 Å². The highest BCUT2D eigenvalue weighted by molar-refractivity contribution is 5.63. The molecule has 2 heteroatoms. The lowest BCUT2D eigenvalue weighted by atomic mass is 9.63. The molecule has 0 aliphatic heterocycles. The van der Waals surface area contributed by atoms with Gasteiger partial charge >= 0.3 is 0 Å². The summed E-state index contributed by atoms with van der Waals surface area (Å²) in [5.74, 6) is 1.02. The molecular weight excluding hydrogens is 292 g/mol. The lowest BCUT2D eigenvalue weighted by molar-refractivity contribution is 0.332. The summed E-state index contributed by atoms with van der Waals surface area (Å²) in [4.78, 5) is 6.93. The zero-order valence-electron chi connectivity index (χ0n) is 16.0. The van der Waals surface area contributed by atoms with Crippen LogP contribution in [0.1, 0.15) is 64.2 Å². The first-order valence-electron chi connectivity index (χ1n) is 9.10. The van der Waals surface area contributed by atoms with Gasteiger partial charge in [0.15, 0.2) is 0 Å². The number of hydrogen-bond donors (Lipinski definition) is 0. The quantitative estimate of drug-likeness (QED) is 0.699. The minimum atomic E-state index is 0.237. The summed E-state index contributed by atoms with van der Waals surface area (Å²) in [5, 5.41) is 0. The first-order valence-corrected chi connectivity index (χ1v) is 9.10. The van der Waals surface area contributed by atoms with E-state index in [1.54, 1.807) is 0 Å². The van der Waals surface area contributed by atoms with Gasteiger partial charge in [0.05, 0.1) is 0 Å². The molecule has 0 N–H and O–H groups in total. The Labute approximate surface area is 146 Å². The van der Waals surface area contributed by atoms with Gasteiger partial charge in [-0.05, 0) is 72.4 Å². The number of hydrogen-bond acceptors (Lipinski definition) is 2. The highest BCUT2D eigenvalue weighted by atomic mass is 15.2. The molecule has 24 heavy (non-hydrogen) atoms. The van der Waals surface area contributed by atoms with Crippen molar-refractivity contribution >= 4 is 11.5 Å². The van der Waals surface area contributed by atoms with Crippen LogP contribution in [0.3, 0.4) is 0 Å². The van der Waals surface area contributed by atoms with Gasteiger partial charge in [0.2, 0.25) is 0 Å². The molecule has 0 spiro atoms. The number of anilines is 2. The molecule has 0 atom stereocenters. The van der Waals surface area contributed by atoms with Crippen LogP contribution in [0.4, 0.5) is 11.5 Å². The van der Waals surface area contributed by atoms with E-state index < -0.39 is 0 Å². The van der Waals surface area contributed by atoms with Crippen molar-refractivity contribution in [2.45, 2.75) is 65.2 Å². The molecule has 1 heterocycles. The van der Waals surface area contributed by atoms with Crippen molar-refractivity contribution in [2.24, 2.45) is 0 Å². The van der Waals surface area contributed by atoms with Crippen molar-refractivity contribution in [3.8, 4) is 0 Å². The fourth-order valence-corrected chi connectivity index (χ4v) is 3.84. The molecule has 0 saturated carbocycles. The highest BCUT2D eigenvalue weighted by Gasteiger charge is 2.37. The van der Waals surface area contributed by atoms with Crippen molar-refractivity contribution in [3.05, 3.63) is 53.2 Å². The zero-order chi connectivity index (χ0) is 17.5. The van der Waals surface area contributed by atoms with E-state index in [1.807, 2.05) is 6.20 Å². The van der Waals surface area contributed by atoms with Crippen LogP contribution in [0.2, 0.25) is 0 Å². The van der Waals surface area contributed by atoms with Gasteiger partial charge in [-0.2, -0.15) is 0 Å². The molecule has 0 fully saturated rings. The summed E-state index contributed by atoms with van der Waals surface area (Å²) in [7, 11) is 0. The lowest BCUT2D eigenvalue weighted by Gasteiger charge is -2.42. The van der Waals surface area contributed by atoms with Crippen LogP contribution in [-0.2, 0) is 10.8 Å². The van der Waals surface area contributed by atoms with E-state index in [1.165, 1.54) is 35.2 Å². The molecule has 0 amide bonds. The number of fused-ring (bicyclic) bond motifs is 1. The second-order valence-corrected chi connectivity index (χ2v) is 8.44. The van der Waals surface area contributed by atoms with Gasteiger partial charge in [0.25, 0.3) is 0 Å². The average molecular weight is 322 g/mol. The fraction of sp³-hybridized carbons (Fsp3) is 0.500. The summed E-state index contributed by atoms with van der Waals surface area (Å²) in [6.07, 6.45) is 4.44. The van der Waals surface area contributed by atoms with Crippen molar-refractivity contribution in [2.75, 3.05) is 11.4 Å². The summed E-state index contributed by atoms with van der Waals surface area (Å²) in [5.41, 5.74) is 5.96. The zero-order valence-corrected chi connectivity index (χ0v) is 16.0. The van der Waals surface area contributed by atoms with E-state index in [-0.39, 0.29) is 10.8 Å². The largest absolute Gasteiger partial charge is 0.327 e. The van der Waals surface area contributed by atoms with Gasteiger partial charge in [-0.1, -0.05) is 39.8 Å². The first kappa shape index (κ1) is 17.0. The summed E-state index contributed by atoms with van der Waals surface area (Å²) < 4.78 is 0. The Kier molecular flexibility index (Phi) is 4.19. The fourth-order valence-electron chi connectivity index (χ4n) is 3.84. The number of nitrogens with zero attached hydrogens (tertiary/aromatic N) is 2. The Balaban J connectivity index is 2.08. The van der Waals surface area contributed by atoms with Crippen LogP contribution in [0, 0.1) is 6.92 Å². The average Bonchev–Trinajstić information content (AvgIpc) is 2.54. The molecule has 1 aliphatic carbocycles. The van der Waals surface area contributed by atoms with E-state index in [0.717, 1.165) is 12.4 Å². The van der Waals surface area contributed by atoms with Gasteiger partial charge in [-0.3, -0.25) is 0 Å². The van der Waals surface area contributed by atoms with E-state index in [4.69, 9.17) is 0 Å². The Hall–Kier alpha value is -1.83. The van der Waals surface area contributed by atoms with Crippen LogP contribution in [0.5, 0.6) is 0 Å². The van der Waals surface area contributed by atoms with Crippen molar-refractivity contribution in [1.82, 2.24) is 4.98 Å². The van der Waals surface area contributed by atoms with Gasteiger partial charge in [0.1, 0.15) is 5.82 Å². The summed E-state index contributed by atoms with van der Waals surface area (Å²) in [6.45, 7) is 14.7. The van der Waals surface area contributed by atoms with E-state index in [2.05, 4.69) is 81.8 Å². The van der Waals surface area contributed by atoms with Gasteiger partial charge in [-0.25, -0.2) is 4.98 Å². The predicted octanol–water partition coefficient (Wildman–Crippen LogP) is 5.90. The van der Waals surface area contributed by atoms with Crippen LogP contribution in [0.25, 0.3) is 0 Å². The third-order valence-corrected chi connectivity index (χ3v) is 5.64. The normalized spacial score (nSPS) is 18.1. The molecule has 0 bridgehead atoms. The molecule has 1 aromatic carbocycles. The predicted molar refractivity (Wildman–Crippen MR) is 103 cm³/mol. The number of aromatic nitrogens is 1. The lowest BCUT2D eigenvalue weighted by Crippen LogP contribution is -2.34.